The molecular formula is C27H26Cl2N2O3. The molecule has 1 aliphatic carbocycles. The van der Waals surface area contributed by atoms with Crippen molar-refractivity contribution in [3.05, 3.63) is 87.2 Å². The summed E-state index contributed by atoms with van der Waals surface area (Å²) >= 11 is 12.4. The molecule has 3 aromatic rings. The molecule has 1 aromatic heterocycles. The average Bonchev–Trinajstić information content (AvgIpc) is 3.29. The fourth-order valence-corrected chi connectivity index (χ4v) is 4.35. The van der Waals surface area contributed by atoms with Gasteiger partial charge in [0, 0.05) is 28.3 Å². The Morgan fingerprint density at radius 1 is 0.971 bits per heavy atom. The Kier molecular flexibility index (Phi) is 7.76. The molecule has 5 nitrogen and oxygen atoms in total. The number of hydrogen-bond donors (Lipinski definition) is 2. The van der Waals surface area contributed by atoms with Crippen LogP contribution in [0.25, 0.3) is 17.4 Å². The van der Waals surface area contributed by atoms with Crippen LogP contribution < -0.4 is 10.6 Å². The Bertz CT molecular complexity index is 1210. The summed E-state index contributed by atoms with van der Waals surface area (Å²) in [6.07, 6.45) is 6.75. The van der Waals surface area contributed by atoms with Gasteiger partial charge in [0.2, 0.25) is 0 Å². The number of hydrogen-bond acceptors (Lipinski definition) is 3. The molecule has 0 aliphatic heterocycles. The summed E-state index contributed by atoms with van der Waals surface area (Å²) in [5.41, 5.74) is 2.28. The van der Waals surface area contributed by atoms with Crippen molar-refractivity contribution in [3.63, 3.8) is 0 Å². The van der Waals surface area contributed by atoms with Crippen molar-refractivity contribution >= 4 is 41.1 Å². The van der Waals surface area contributed by atoms with Crippen molar-refractivity contribution in [2.24, 2.45) is 0 Å². The molecule has 7 heteroatoms. The molecule has 1 heterocycles. The van der Waals surface area contributed by atoms with Gasteiger partial charge in [0.25, 0.3) is 11.8 Å². The molecular weight excluding hydrogens is 471 g/mol. The Hall–Kier alpha value is -3.02. The number of benzene rings is 2. The SMILES string of the molecule is Cc1ccc(C(=O)NC(=Cc2ccc(-c3cc(Cl)ccc3Cl)o2)C(=O)NC2CCCCC2)cc1. The fourth-order valence-electron chi connectivity index (χ4n) is 3.97. The lowest BCUT2D eigenvalue weighted by molar-refractivity contribution is -0.118. The summed E-state index contributed by atoms with van der Waals surface area (Å²) in [5.74, 6) is 0.209. The molecule has 0 spiro atoms. The van der Waals surface area contributed by atoms with Crippen molar-refractivity contribution in [1.29, 1.82) is 0 Å². The van der Waals surface area contributed by atoms with E-state index < -0.39 is 0 Å². The second-order valence-electron chi connectivity index (χ2n) is 8.51. The highest BCUT2D eigenvalue weighted by Crippen LogP contribution is 2.32. The molecule has 0 unspecified atom stereocenters. The largest absolute Gasteiger partial charge is 0.457 e. The first-order chi connectivity index (χ1) is 16.4. The minimum atomic E-state index is -0.366. The summed E-state index contributed by atoms with van der Waals surface area (Å²) in [6, 6.07) is 15.8. The summed E-state index contributed by atoms with van der Waals surface area (Å²) < 4.78 is 5.93. The highest BCUT2D eigenvalue weighted by Gasteiger charge is 2.21. The van der Waals surface area contributed by atoms with Gasteiger partial charge in [0.15, 0.2) is 0 Å². The fraction of sp³-hybridized carbons (Fsp3) is 0.259. The second-order valence-corrected chi connectivity index (χ2v) is 9.36. The summed E-state index contributed by atoms with van der Waals surface area (Å²) in [4.78, 5) is 26.0. The van der Waals surface area contributed by atoms with Crippen LogP contribution in [0.3, 0.4) is 0 Å². The number of carbonyl (C=O) groups is 2. The van der Waals surface area contributed by atoms with Crippen molar-refractivity contribution in [2.75, 3.05) is 0 Å². The first-order valence-electron chi connectivity index (χ1n) is 11.3. The van der Waals surface area contributed by atoms with Crippen LogP contribution in [-0.2, 0) is 4.79 Å². The number of carbonyl (C=O) groups excluding carboxylic acids is 2. The Morgan fingerprint density at radius 2 is 1.71 bits per heavy atom. The zero-order valence-electron chi connectivity index (χ0n) is 18.9. The van der Waals surface area contributed by atoms with Gasteiger partial charge in [-0.2, -0.15) is 0 Å². The summed E-state index contributed by atoms with van der Waals surface area (Å²) in [6.45, 7) is 1.95. The molecule has 2 amide bonds. The minimum Gasteiger partial charge on any atom is -0.457 e. The number of amides is 2. The van der Waals surface area contributed by atoms with Crippen LogP contribution in [0.4, 0.5) is 0 Å². The Morgan fingerprint density at radius 3 is 2.44 bits per heavy atom. The molecule has 0 atom stereocenters. The van der Waals surface area contributed by atoms with Crippen LogP contribution in [0.15, 0.2) is 64.7 Å². The number of rotatable bonds is 6. The van der Waals surface area contributed by atoms with E-state index in [-0.39, 0.29) is 23.6 Å². The molecule has 1 saturated carbocycles. The van der Waals surface area contributed by atoms with E-state index in [1.165, 1.54) is 12.5 Å². The van der Waals surface area contributed by atoms with Crippen molar-refractivity contribution < 1.29 is 14.0 Å². The average molecular weight is 497 g/mol. The van der Waals surface area contributed by atoms with Crippen molar-refractivity contribution in [1.82, 2.24) is 10.6 Å². The van der Waals surface area contributed by atoms with E-state index in [0.717, 1.165) is 31.2 Å². The predicted octanol–water partition coefficient (Wildman–Crippen LogP) is 6.78. The zero-order valence-corrected chi connectivity index (χ0v) is 20.4. The van der Waals surface area contributed by atoms with Gasteiger partial charge in [-0.3, -0.25) is 9.59 Å². The van der Waals surface area contributed by atoms with Crippen LogP contribution in [-0.4, -0.2) is 17.9 Å². The third kappa shape index (κ3) is 6.10. The molecule has 1 aliphatic rings. The molecule has 1 fully saturated rings. The maximum atomic E-state index is 13.1. The quantitative estimate of drug-likeness (QED) is 0.369. The lowest BCUT2D eigenvalue weighted by Crippen LogP contribution is -2.41. The van der Waals surface area contributed by atoms with Gasteiger partial charge in [0.05, 0.1) is 5.02 Å². The van der Waals surface area contributed by atoms with Crippen molar-refractivity contribution in [3.8, 4) is 11.3 Å². The summed E-state index contributed by atoms with van der Waals surface area (Å²) in [5, 5.41) is 6.85. The number of aryl methyl sites for hydroxylation is 1. The molecule has 2 aromatic carbocycles. The van der Waals surface area contributed by atoms with Gasteiger partial charge < -0.3 is 15.1 Å². The van der Waals surface area contributed by atoms with Crippen molar-refractivity contribution in [2.45, 2.75) is 45.1 Å². The molecule has 34 heavy (non-hydrogen) atoms. The van der Waals surface area contributed by atoms with Crippen LogP contribution in [0.5, 0.6) is 0 Å². The normalized spacial score (nSPS) is 14.6. The molecule has 176 valence electrons. The van der Waals surface area contributed by atoms with E-state index in [2.05, 4.69) is 10.6 Å². The van der Waals surface area contributed by atoms with Crippen LogP contribution in [0.2, 0.25) is 10.0 Å². The maximum absolute atomic E-state index is 13.1. The molecule has 0 radical (unpaired) electrons. The number of halogens is 2. The molecule has 0 bridgehead atoms. The highest BCUT2D eigenvalue weighted by atomic mass is 35.5. The maximum Gasteiger partial charge on any atom is 0.268 e. The van der Waals surface area contributed by atoms with Gasteiger partial charge in [-0.1, -0.05) is 60.2 Å². The number of nitrogens with one attached hydrogen (secondary N) is 2. The van der Waals surface area contributed by atoms with Gasteiger partial charge in [-0.05, 0) is 62.2 Å². The van der Waals surface area contributed by atoms with E-state index in [1.54, 1.807) is 42.5 Å². The molecule has 4 rings (SSSR count). The van der Waals surface area contributed by atoms with Gasteiger partial charge in [0.1, 0.15) is 17.2 Å². The van der Waals surface area contributed by atoms with E-state index >= 15 is 0 Å². The molecule has 2 N–H and O–H groups in total. The first-order valence-corrected chi connectivity index (χ1v) is 12.1. The lowest BCUT2D eigenvalue weighted by atomic mass is 9.95. The Balaban J connectivity index is 1.60. The standard InChI is InChI=1S/C27H26Cl2N2O3/c1-17-7-9-18(10-8-17)26(32)31-24(27(33)30-20-5-3-2-4-6-20)16-21-12-14-25(34-21)22-15-19(28)11-13-23(22)29/h7-16,20H,2-6H2,1H3,(H,30,33)(H,31,32). The first kappa shape index (κ1) is 24.1. The zero-order chi connectivity index (χ0) is 24.1. The second kappa shape index (κ2) is 10.9. The molecule has 0 saturated heterocycles. The van der Waals surface area contributed by atoms with E-state index in [9.17, 15) is 9.59 Å². The van der Waals surface area contributed by atoms with Gasteiger partial charge >= 0.3 is 0 Å². The topological polar surface area (TPSA) is 71.3 Å². The summed E-state index contributed by atoms with van der Waals surface area (Å²) in [7, 11) is 0. The highest BCUT2D eigenvalue weighted by molar-refractivity contribution is 6.35. The van der Waals surface area contributed by atoms with E-state index in [4.69, 9.17) is 27.6 Å². The van der Waals surface area contributed by atoms with Crippen LogP contribution in [0.1, 0.15) is 53.8 Å². The number of furan rings is 1. The minimum absolute atomic E-state index is 0.0957. The third-order valence-electron chi connectivity index (χ3n) is 5.85. The lowest BCUT2D eigenvalue weighted by Gasteiger charge is -2.23. The van der Waals surface area contributed by atoms with E-state index in [1.807, 2.05) is 19.1 Å². The predicted molar refractivity (Wildman–Crippen MR) is 136 cm³/mol. The van der Waals surface area contributed by atoms with E-state index in [0.29, 0.717) is 32.7 Å². The van der Waals surface area contributed by atoms with Crippen LogP contribution >= 0.6 is 23.2 Å². The third-order valence-corrected chi connectivity index (χ3v) is 6.42. The Labute approximate surface area is 209 Å². The monoisotopic (exact) mass is 496 g/mol. The van der Waals surface area contributed by atoms with Crippen LogP contribution in [0, 0.1) is 6.92 Å². The smallest absolute Gasteiger partial charge is 0.268 e. The van der Waals surface area contributed by atoms with Gasteiger partial charge in [-0.15, -0.1) is 0 Å². The van der Waals surface area contributed by atoms with Gasteiger partial charge in [-0.25, -0.2) is 0 Å².